The summed E-state index contributed by atoms with van der Waals surface area (Å²) in [5.74, 6) is 0.0194. The Labute approximate surface area is 83.6 Å². The fourth-order valence-corrected chi connectivity index (χ4v) is 1.81. The summed E-state index contributed by atoms with van der Waals surface area (Å²) in [6, 6.07) is 0.285. The zero-order chi connectivity index (χ0) is 9.80. The minimum absolute atomic E-state index is 0.0194. The number of carbonyl (C=O) groups is 1. The Morgan fingerprint density at radius 3 is 2.79 bits per heavy atom. The van der Waals surface area contributed by atoms with Gasteiger partial charge in [-0.15, -0.1) is 0 Å². The first-order chi connectivity index (χ1) is 6.86. The summed E-state index contributed by atoms with van der Waals surface area (Å²) in [6.07, 6.45) is 0.718. The van der Waals surface area contributed by atoms with Gasteiger partial charge in [-0.25, -0.2) is 0 Å². The van der Waals surface area contributed by atoms with E-state index >= 15 is 0 Å². The van der Waals surface area contributed by atoms with Gasteiger partial charge >= 0.3 is 0 Å². The van der Waals surface area contributed by atoms with Crippen molar-refractivity contribution < 1.29 is 9.53 Å². The number of amides is 1. The number of hydrogen-bond donors (Lipinski definition) is 3. The van der Waals surface area contributed by atoms with Crippen LogP contribution in [0.5, 0.6) is 0 Å². The molecule has 5 nitrogen and oxygen atoms in total. The molecule has 0 aliphatic carbocycles. The number of carbonyl (C=O) groups excluding carboxylic acids is 1. The number of hydrogen-bond acceptors (Lipinski definition) is 4. The Morgan fingerprint density at radius 1 is 1.29 bits per heavy atom. The van der Waals surface area contributed by atoms with Crippen LogP contribution in [0.15, 0.2) is 0 Å². The van der Waals surface area contributed by atoms with Crippen LogP contribution in [-0.2, 0) is 9.53 Å². The second kappa shape index (κ2) is 4.72. The van der Waals surface area contributed by atoms with Gasteiger partial charge in [-0.1, -0.05) is 0 Å². The highest BCUT2D eigenvalue weighted by molar-refractivity contribution is 5.81. The average molecular weight is 199 g/mol. The van der Waals surface area contributed by atoms with Gasteiger partial charge in [0.05, 0.1) is 6.61 Å². The van der Waals surface area contributed by atoms with E-state index in [9.17, 15) is 4.79 Å². The lowest BCUT2D eigenvalue weighted by Gasteiger charge is -2.24. The standard InChI is InChI=1S/C9H17N3O2/c13-9(8-6-11-3-4-14-8)12-7-1-2-10-5-7/h7-8,10-11H,1-6H2,(H,12,13). The van der Waals surface area contributed by atoms with E-state index in [4.69, 9.17) is 4.74 Å². The van der Waals surface area contributed by atoms with Crippen LogP contribution < -0.4 is 16.0 Å². The van der Waals surface area contributed by atoms with Crippen LogP contribution in [0.3, 0.4) is 0 Å². The van der Waals surface area contributed by atoms with Crippen LogP contribution in [0.4, 0.5) is 0 Å². The fourth-order valence-electron chi connectivity index (χ4n) is 1.81. The average Bonchev–Trinajstić information content (AvgIpc) is 2.72. The van der Waals surface area contributed by atoms with Gasteiger partial charge in [-0.2, -0.15) is 0 Å². The lowest BCUT2D eigenvalue weighted by Crippen LogP contribution is -2.50. The summed E-state index contributed by atoms with van der Waals surface area (Å²) in [6.45, 7) is 3.97. The minimum atomic E-state index is -0.302. The number of rotatable bonds is 2. The molecule has 5 heteroatoms. The largest absolute Gasteiger partial charge is 0.366 e. The molecule has 2 atom stereocenters. The van der Waals surface area contributed by atoms with E-state index in [2.05, 4.69) is 16.0 Å². The van der Waals surface area contributed by atoms with Crippen molar-refractivity contribution in [2.75, 3.05) is 32.8 Å². The first kappa shape index (κ1) is 9.89. The monoisotopic (exact) mass is 199 g/mol. The Morgan fingerprint density at radius 2 is 2.14 bits per heavy atom. The summed E-state index contributed by atoms with van der Waals surface area (Å²) < 4.78 is 5.36. The molecule has 0 aromatic heterocycles. The van der Waals surface area contributed by atoms with Gasteiger partial charge in [0.15, 0.2) is 0 Å². The maximum atomic E-state index is 11.7. The topological polar surface area (TPSA) is 62.4 Å². The van der Waals surface area contributed by atoms with Crippen molar-refractivity contribution in [2.45, 2.75) is 18.6 Å². The van der Waals surface area contributed by atoms with Crippen LogP contribution in [0.1, 0.15) is 6.42 Å². The maximum Gasteiger partial charge on any atom is 0.250 e. The van der Waals surface area contributed by atoms with E-state index < -0.39 is 0 Å². The Bertz CT molecular complexity index is 198. The molecule has 0 spiro atoms. The smallest absolute Gasteiger partial charge is 0.250 e. The molecule has 14 heavy (non-hydrogen) atoms. The van der Waals surface area contributed by atoms with E-state index in [0.717, 1.165) is 26.1 Å². The van der Waals surface area contributed by atoms with Crippen molar-refractivity contribution in [1.29, 1.82) is 0 Å². The highest BCUT2D eigenvalue weighted by atomic mass is 16.5. The quantitative estimate of drug-likeness (QED) is 0.504. The van der Waals surface area contributed by atoms with Crippen molar-refractivity contribution >= 4 is 5.91 Å². The van der Waals surface area contributed by atoms with Crippen LogP contribution in [0.25, 0.3) is 0 Å². The SMILES string of the molecule is O=C(NC1CCNC1)C1CNCCO1. The first-order valence-electron chi connectivity index (χ1n) is 5.19. The first-order valence-corrected chi connectivity index (χ1v) is 5.19. The Balaban J connectivity index is 1.75. The number of morpholine rings is 1. The molecule has 0 saturated carbocycles. The molecule has 2 heterocycles. The minimum Gasteiger partial charge on any atom is -0.366 e. The number of nitrogens with one attached hydrogen (secondary N) is 3. The molecule has 0 aromatic rings. The molecule has 80 valence electrons. The third kappa shape index (κ3) is 2.43. The van der Waals surface area contributed by atoms with E-state index in [1.165, 1.54) is 0 Å². The second-order valence-corrected chi connectivity index (χ2v) is 3.76. The van der Waals surface area contributed by atoms with Crippen molar-refractivity contribution in [3.63, 3.8) is 0 Å². The third-order valence-corrected chi connectivity index (χ3v) is 2.63. The zero-order valence-corrected chi connectivity index (χ0v) is 8.21. The molecule has 3 N–H and O–H groups in total. The normalized spacial score (nSPS) is 32.9. The van der Waals surface area contributed by atoms with Crippen LogP contribution in [0, 0.1) is 0 Å². The molecule has 2 fully saturated rings. The van der Waals surface area contributed by atoms with Gasteiger partial charge in [0.25, 0.3) is 5.91 Å². The van der Waals surface area contributed by atoms with Crippen molar-refractivity contribution in [3.8, 4) is 0 Å². The van der Waals surface area contributed by atoms with E-state index in [1.54, 1.807) is 0 Å². The van der Waals surface area contributed by atoms with Gasteiger partial charge < -0.3 is 20.7 Å². The summed E-state index contributed by atoms with van der Waals surface area (Å²) in [4.78, 5) is 11.7. The zero-order valence-electron chi connectivity index (χ0n) is 8.21. The van der Waals surface area contributed by atoms with Gasteiger partial charge in [0, 0.05) is 25.7 Å². The Hall–Kier alpha value is -0.650. The molecule has 0 bridgehead atoms. The van der Waals surface area contributed by atoms with Crippen molar-refractivity contribution in [3.05, 3.63) is 0 Å². The summed E-state index contributed by atoms with van der Waals surface area (Å²) in [7, 11) is 0. The molecule has 2 aliphatic rings. The molecular formula is C9H17N3O2. The summed E-state index contributed by atoms with van der Waals surface area (Å²) in [5, 5.41) is 9.33. The summed E-state index contributed by atoms with van der Waals surface area (Å²) >= 11 is 0. The second-order valence-electron chi connectivity index (χ2n) is 3.76. The molecule has 0 radical (unpaired) electrons. The third-order valence-electron chi connectivity index (χ3n) is 2.63. The molecule has 0 aromatic carbocycles. The molecule has 1 amide bonds. The molecule has 2 unspecified atom stereocenters. The van der Waals surface area contributed by atoms with Crippen LogP contribution in [-0.4, -0.2) is 50.8 Å². The lowest BCUT2D eigenvalue weighted by molar-refractivity contribution is -0.134. The summed E-state index contributed by atoms with van der Waals surface area (Å²) in [5.41, 5.74) is 0. The van der Waals surface area contributed by atoms with Gasteiger partial charge in [-0.3, -0.25) is 4.79 Å². The van der Waals surface area contributed by atoms with Crippen LogP contribution >= 0.6 is 0 Å². The molecule has 2 aliphatic heterocycles. The van der Waals surface area contributed by atoms with Crippen molar-refractivity contribution in [2.24, 2.45) is 0 Å². The van der Waals surface area contributed by atoms with E-state index in [0.29, 0.717) is 13.2 Å². The van der Waals surface area contributed by atoms with E-state index in [1.807, 2.05) is 0 Å². The van der Waals surface area contributed by atoms with E-state index in [-0.39, 0.29) is 18.1 Å². The number of ether oxygens (including phenoxy) is 1. The fraction of sp³-hybridized carbons (Fsp3) is 0.889. The van der Waals surface area contributed by atoms with Gasteiger partial charge in [-0.05, 0) is 13.0 Å². The van der Waals surface area contributed by atoms with Crippen LogP contribution in [0.2, 0.25) is 0 Å². The predicted molar refractivity (Wildman–Crippen MR) is 52.0 cm³/mol. The molecule has 2 saturated heterocycles. The highest BCUT2D eigenvalue weighted by Gasteiger charge is 2.25. The predicted octanol–water partition coefficient (Wildman–Crippen LogP) is -1.55. The van der Waals surface area contributed by atoms with Crippen molar-refractivity contribution in [1.82, 2.24) is 16.0 Å². The highest BCUT2D eigenvalue weighted by Crippen LogP contribution is 2.00. The molecular weight excluding hydrogens is 182 g/mol. The Kier molecular flexibility index (Phi) is 3.34. The lowest BCUT2D eigenvalue weighted by atomic mass is 10.2. The van der Waals surface area contributed by atoms with Gasteiger partial charge in [0.2, 0.25) is 0 Å². The maximum absolute atomic E-state index is 11.7. The molecule has 2 rings (SSSR count). The van der Waals surface area contributed by atoms with Gasteiger partial charge in [0.1, 0.15) is 6.10 Å².